The number of hydrogen-bond acceptors (Lipinski definition) is 6. The Hall–Kier alpha value is -3.18. The van der Waals surface area contributed by atoms with E-state index in [0.717, 1.165) is 11.3 Å². The van der Waals surface area contributed by atoms with Crippen molar-refractivity contribution in [3.63, 3.8) is 0 Å². The first-order chi connectivity index (χ1) is 12.2. The number of furan rings is 1. The van der Waals surface area contributed by atoms with Gasteiger partial charge in [0.25, 0.3) is 0 Å². The lowest BCUT2D eigenvalue weighted by molar-refractivity contribution is 0.573. The van der Waals surface area contributed by atoms with Crippen LogP contribution in [0.5, 0.6) is 0 Å². The normalized spacial score (nSPS) is 10.9. The number of nitriles is 1. The van der Waals surface area contributed by atoms with Crippen LogP contribution in [0.15, 0.2) is 52.2 Å². The van der Waals surface area contributed by atoms with Gasteiger partial charge >= 0.3 is 0 Å². The number of aromatic amines is 1. The highest BCUT2D eigenvalue weighted by Crippen LogP contribution is 2.17. The summed E-state index contributed by atoms with van der Waals surface area (Å²) in [5.41, 5.74) is 1.97. The molecule has 25 heavy (non-hydrogen) atoms. The molecule has 3 aromatic rings. The molecular weight excluding hydrogens is 336 g/mol. The molecule has 0 aliphatic rings. The predicted octanol–water partition coefficient (Wildman–Crippen LogP) is 3.43. The molecule has 0 unspecified atom stereocenters. The molecule has 0 amide bonds. The van der Waals surface area contributed by atoms with Crippen LogP contribution in [0.2, 0.25) is 0 Å². The van der Waals surface area contributed by atoms with E-state index >= 15 is 0 Å². The highest BCUT2D eigenvalue weighted by Gasteiger charge is 2.10. The Morgan fingerprint density at radius 2 is 2.20 bits per heavy atom. The van der Waals surface area contributed by atoms with E-state index < -0.39 is 0 Å². The SMILES string of the molecule is CN(CCC#N)c1ccc(/C=N\n2c(-c3ccco3)n[nH]c2=S)cc1. The summed E-state index contributed by atoms with van der Waals surface area (Å²) in [6.07, 6.45) is 3.77. The number of hydrogen-bond donors (Lipinski definition) is 1. The molecule has 8 heteroatoms. The zero-order valence-electron chi connectivity index (χ0n) is 13.6. The van der Waals surface area contributed by atoms with E-state index in [9.17, 15) is 0 Å². The number of benzene rings is 1. The number of rotatable bonds is 6. The molecule has 126 valence electrons. The minimum absolute atomic E-state index is 0.385. The maximum atomic E-state index is 8.66. The van der Waals surface area contributed by atoms with Gasteiger partial charge < -0.3 is 9.32 Å². The topological polar surface area (TPSA) is 86.1 Å². The van der Waals surface area contributed by atoms with E-state index in [2.05, 4.69) is 21.4 Å². The summed E-state index contributed by atoms with van der Waals surface area (Å²) in [6, 6.07) is 13.6. The van der Waals surface area contributed by atoms with Crippen LogP contribution in [-0.4, -0.2) is 34.7 Å². The number of aromatic nitrogens is 3. The monoisotopic (exact) mass is 352 g/mol. The minimum atomic E-state index is 0.385. The summed E-state index contributed by atoms with van der Waals surface area (Å²) in [5.74, 6) is 1.10. The average Bonchev–Trinajstić information content (AvgIpc) is 3.28. The first-order valence-electron chi connectivity index (χ1n) is 7.63. The van der Waals surface area contributed by atoms with E-state index in [4.69, 9.17) is 21.9 Å². The second-order valence-corrected chi connectivity index (χ2v) is 5.69. The highest BCUT2D eigenvalue weighted by atomic mass is 32.1. The Bertz CT molecular complexity index is 946. The van der Waals surface area contributed by atoms with Crippen molar-refractivity contribution in [3.8, 4) is 17.7 Å². The molecule has 7 nitrogen and oxygen atoms in total. The molecule has 0 aliphatic heterocycles. The van der Waals surface area contributed by atoms with Crippen molar-refractivity contribution in [1.82, 2.24) is 14.9 Å². The van der Waals surface area contributed by atoms with Crippen LogP contribution in [0.25, 0.3) is 11.6 Å². The van der Waals surface area contributed by atoms with Gasteiger partial charge in [-0.05, 0) is 42.0 Å². The third-order valence-electron chi connectivity index (χ3n) is 3.61. The maximum Gasteiger partial charge on any atom is 0.219 e. The lowest BCUT2D eigenvalue weighted by Gasteiger charge is -2.17. The fraction of sp³-hybridized carbons (Fsp3) is 0.176. The molecule has 0 saturated heterocycles. The van der Waals surface area contributed by atoms with Gasteiger partial charge in [0, 0.05) is 19.3 Å². The molecule has 0 bridgehead atoms. The van der Waals surface area contributed by atoms with Crippen molar-refractivity contribution in [2.45, 2.75) is 6.42 Å². The largest absolute Gasteiger partial charge is 0.461 e. The Kier molecular flexibility index (Phi) is 5.06. The van der Waals surface area contributed by atoms with Gasteiger partial charge in [-0.3, -0.25) is 0 Å². The molecule has 1 aromatic carbocycles. The van der Waals surface area contributed by atoms with Crippen molar-refractivity contribution in [2.24, 2.45) is 5.10 Å². The number of nitrogens with zero attached hydrogens (tertiary/aromatic N) is 5. The van der Waals surface area contributed by atoms with E-state index in [0.29, 0.717) is 29.3 Å². The van der Waals surface area contributed by atoms with Gasteiger partial charge in [-0.1, -0.05) is 12.1 Å². The lowest BCUT2D eigenvalue weighted by atomic mass is 10.2. The van der Waals surface area contributed by atoms with E-state index in [1.165, 1.54) is 4.68 Å². The zero-order chi connectivity index (χ0) is 17.6. The van der Waals surface area contributed by atoms with Gasteiger partial charge in [0.1, 0.15) is 0 Å². The minimum Gasteiger partial charge on any atom is -0.461 e. The summed E-state index contributed by atoms with van der Waals surface area (Å²) in [5, 5.41) is 19.9. The molecule has 2 heterocycles. The first-order valence-corrected chi connectivity index (χ1v) is 8.03. The molecule has 2 aromatic heterocycles. The summed E-state index contributed by atoms with van der Waals surface area (Å²) in [6.45, 7) is 0.695. The van der Waals surface area contributed by atoms with Crippen LogP contribution in [0.1, 0.15) is 12.0 Å². The van der Waals surface area contributed by atoms with E-state index in [-0.39, 0.29) is 0 Å². The smallest absolute Gasteiger partial charge is 0.219 e. The lowest BCUT2D eigenvalue weighted by Crippen LogP contribution is -2.17. The van der Waals surface area contributed by atoms with Crippen molar-refractivity contribution in [1.29, 1.82) is 5.26 Å². The molecule has 0 aliphatic carbocycles. The van der Waals surface area contributed by atoms with Crippen molar-refractivity contribution < 1.29 is 4.42 Å². The molecule has 0 fully saturated rings. The molecular formula is C17H16N6OS. The average molecular weight is 352 g/mol. The third-order valence-corrected chi connectivity index (χ3v) is 3.87. The van der Waals surface area contributed by atoms with Gasteiger partial charge in [0.15, 0.2) is 5.76 Å². The van der Waals surface area contributed by atoms with E-state index in [1.807, 2.05) is 36.2 Å². The fourth-order valence-corrected chi connectivity index (χ4v) is 2.43. The standard InChI is InChI=1S/C17H16N6OS/c1-22(10-3-9-18)14-7-5-13(6-8-14)12-19-23-16(20-21-17(23)25)15-4-2-11-24-15/h2,4-8,11-12H,3,10H2,1H3,(H,21,25)/b19-12-. The quantitative estimate of drug-likeness (QED) is 0.542. The van der Waals surface area contributed by atoms with Crippen LogP contribution < -0.4 is 4.90 Å². The van der Waals surface area contributed by atoms with Crippen LogP contribution in [0.4, 0.5) is 5.69 Å². The van der Waals surface area contributed by atoms with Gasteiger partial charge in [0.2, 0.25) is 10.6 Å². The molecule has 0 radical (unpaired) electrons. The van der Waals surface area contributed by atoms with Gasteiger partial charge in [0.05, 0.1) is 25.0 Å². The number of H-pyrrole nitrogens is 1. The van der Waals surface area contributed by atoms with Crippen LogP contribution >= 0.6 is 12.2 Å². The number of anilines is 1. The van der Waals surface area contributed by atoms with Gasteiger partial charge in [-0.15, -0.1) is 5.10 Å². The summed E-state index contributed by atoms with van der Waals surface area (Å²) in [4.78, 5) is 2.03. The second-order valence-electron chi connectivity index (χ2n) is 5.31. The number of nitrogens with one attached hydrogen (secondary N) is 1. The zero-order valence-corrected chi connectivity index (χ0v) is 14.4. The van der Waals surface area contributed by atoms with Gasteiger partial charge in [-0.2, -0.15) is 15.0 Å². The Morgan fingerprint density at radius 1 is 1.40 bits per heavy atom. The summed E-state index contributed by atoms with van der Waals surface area (Å²) < 4.78 is 7.25. The maximum absolute atomic E-state index is 8.66. The van der Waals surface area contributed by atoms with Crippen molar-refractivity contribution in [2.75, 3.05) is 18.5 Å². The van der Waals surface area contributed by atoms with Gasteiger partial charge in [-0.25, -0.2) is 5.10 Å². The van der Waals surface area contributed by atoms with E-state index in [1.54, 1.807) is 24.6 Å². The molecule has 0 atom stereocenters. The molecule has 0 saturated carbocycles. The fourth-order valence-electron chi connectivity index (χ4n) is 2.25. The van der Waals surface area contributed by atoms with Crippen LogP contribution in [-0.2, 0) is 0 Å². The third kappa shape index (κ3) is 3.84. The Morgan fingerprint density at radius 3 is 2.88 bits per heavy atom. The van der Waals surface area contributed by atoms with Crippen LogP contribution in [0, 0.1) is 16.1 Å². The van der Waals surface area contributed by atoms with Crippen LogP contribution in [0.3, 0.4) is 0 Å². The van der Waals surface area contributed by atoms with Crippen molar-refractivity contribution in [3.05, 3.63) is 53.0 Å². The summed E-state index contributed by atoms with van der Waals surface area (Å²) >= 11 is 5.21. The summed E-state index contributed by atoms with van der Waals surface area (Å²) in [7, 11) is 1.96. The molecule has 1 N–H and O–H groups in total. The highest BCUT2D eigenvalue weighted by molar-refractivity contribution is 7.71. The first kappa shape index (κ1) is 16.7. The predicted molar refractivity (Wildman–Crippen MR) is 98.0 cm³/mol. The Balaban J connectivity index is 1.78. The second kappa shape index (κ2) is 7.59. The molecule has 3 rings (SSSR count). The Labute approximate surface area is 149 Å². The molecule has 0 spiro atoms. The van der Waals surface area contributed by atoms with Crippen molar-refractivity contribution >= 4 is 24.1 Å².